The molecule has 0 saturated carbocycles. The Labute approximate surface area is 308 Å². The lowest BCUT2D eigenvalue weighted by Gasteiger charge is -2.14. The Morgan fingerprint density at radius 1 is 0.354 bits per heavy atom. The molecule has 4 heteroatoms. The van der Waals surface area contributed by atoms with E-state index in [-0.39, 0.29) is 0 Å². The summed E-state index contributed by atoms with van der Waals surface area (Å²) in [6.45, 7) is 4.61. The van der Waals surface area contributed by atoms with Crippen molar-refractivity contribution < 1.29 is 9.13 Å². The van der Waals surface area contributed by atoms with E-state index >= 15 is 0 Å². The first-order valence-electron chi connectivity index (χ1n) is 20.9. The minimum Gasteiger partial charge on any atom is -0.202 e. The van der Waals surface area contributed by atoms with Crippen LogP contribution in [0.3, 0.4) is 0 Å². The molecule has 2 atom stereocenters. The third-order valence-corrected chi connectivity index (χ3v) is 12.6. The summed E-state index contributed by atoms with van der Waals surface area (Å²) in [4.78, 5) is 0. The lowest BCUT2D eigenvalue weighted by atomic mass is 10.0. The topological polar surface area (TPSA) is 7.76 Å². The maximum Gasteiger partial charge on any atom is 0.169 e. The van der Waals surface area contributed by atoms with E-state index in [0.717, 1.165) is 0 Å². The zero-order valence-corrected chi connectivity index (χ0v) is 33.5. The lowest BCUT2D eigenvalue weighted by Crippen LogP contribution is -2.40. The van der Waals surface area contributed by atoms with Crippen LogP contribution >= 0.6 is 23.5 Å². The Morgan fingerprint density at radius 3 is 0.917 bits per heavy atom. The van der Waals surface area contributed by atoms with Crippen LogP contribution in [-0.4, -0.2) is 23.0 Å². The molecule has 0 fully saturated rings. The van der Waals surface area contributed by atoms with Crippen molar-refractivity contribution in [3.8, 4) is 0 Å². The number of rotatable bonds is 35. The minimum absolute atomic E-state index is 0.628. The molecule has 2 heterocycles. The maximum atomic E-state index is 2.48. The average molecular weight is 699 g/mol. The van der Waals surface area contributed by atoms with Gasteiger partial charge in [-0.3, -0.25) is 0 Å². The summed E-state index contributed by atoms with van der Waals surface area (Å²) in [5.74, 6) is 5.00. The molecule has 0 saturated heterocycles. The van der Waals surface area contributed by atoms with Crippen LogP contribution in [-0.2, 0) is 0 Å². The van der Waals surface area contributed by atoms with Crippen molar-refractivity contribution in [2.75, 3.05) is 23.0 Å². The highest BCUT2D eigenvalue weighted by molar-refractivity contribution is 8.02. The van der Waals surface area contributed by atoms with Crippen molar-refractivity contribution in [1.29, 1.82) is 0 Å². The van der Waals surface area contributed by atoms with Gasteiger partial charge in [0, 0.05) is 48.6 Å². The second-order valence-corrected chi connectivity index (χ2v) is 16.8. The zero-order chi connectivity index (χ0) is 34.0. The van der Waals surface area contributed by atoms with Gasteiger partial charge in [0.15, 0.2) is 36.9 Å². The fourth-order valence-corrected chi connectivity index (χ4v) is 9.44. The van der Waals surface area contributed by atoms with Crippen molar-refractivity contribution in [3.05, 3.63) is 61.2 Å². The quantitative estimate of drug-likeness (QED) is 0.0523. The molecule has 2 aromatic heterocycles. The molecule has 0 radical (unpaired) electrons. The molecule has 0 aromatic carbocycles. The van der Waals surface area contributed by atoms with Crippen LogP contribution in [0, 0.1) is 0 Å². The Kier molecular flexibility index (Phi) is 29.8. The van der Waals surface area contributed by atoms with E-state index in [1.165, 1.54) is 190 Å². The van der Waals surface area contributed by atoms with E-state index < -0.39 is 0 Å². The Hall–Kier alpha value is -1.00. The van der Waals surface area contributed by atoms with Gasteiger partial charge in [0.1, 0.15) is 0 Å². The van der Waals surface area contributed by atoms with Crippen LogP contribution in [0.25, 0.3) is 0 Å². The first-order chi connectivity index (χ1) is 23.8. The number of hydrogen-bond donors (Lipinski definition) is 0. The van der Waals surface area contributed by atoms with Gasteiger partial charge in [-0.25, -0.2) is 9.13 Å². The summed E-state index contributed by atoms with van der Waals surface area (Å²) in [6.07, 6.45) is 46.0. The Bertz CT molecular complexity index is 833. The van der Waals surface area contributed by atoms with Crippen LogP contribution in [0.5, 0.6) is 0 Å². The smallest absolute Gasteiger partial charge is 0.169 e. The molecule has 0 aliphatic rings. The van der Waals surface area contributed by atoms with E-state index in [2.05, 4.69) is 108 Å². The number of nitrogens with zero attached hydrogens (tertiary/aromatic N) is 2. The predicted molar refractivity (Wildman–Crippen MR) is 217 cm³/mol. The Morgan fingerprint density at radius 2 is 0.625 bits per heavy atom. The van der Waals surface area contributed by atoms with Crippen LogP contribution in [0.15, 0.2) is 61.2 Å². The fraction of sp³-hybridized carbons (Fsp3) is 0.773. The van der Waals surface area contributed by atoms with Gasteiger partial charge in [-0.1, -0.05) is 167 Å². The SMILES string of the molecule is CCCCCCCCCCCCCCC(CSCCSCC(CCCCCCCCCCCCCC)[n+]1ccccc1)[n+]1ccccc1. The van der Waals surface area contributed by atoms with Crippen LogP contribution in [0.4, 0.5) is 0 Å². The number of hydrogen-bond acceptors (Lipinski definition) is 2. The molecule has 48 heavy (non-hydrogen) atoms. The van der Waals surface area contributed by atoms with E-state index in [9.17, 15) is 0 Å². The molecule has 2 nitrogen and oxygen atoms in total. The number of thioether (sulfide) groups is 2. The van der Waals surface area contributed by atoms with Crippen LogP contribution in [0.1, 0.15) is 193 Å². The van der Waals surface area contributed by atoms with E-state index in [1.807, 2.05) is 0 Å². The largest absolute Gasteiger partial charge is 0.202 e. The number of pyridine rings is 2. The Balaban J connectivity index is 1.58. The second kappa shape index (κ2) is 33.2. The van der Waals surface area contributed by atoms with Gasteiger partial charge in [-0.2, -0.15) is 23.5 Å². The van der Waals surface area contributed by atoms with Gasteiger partial charge in [0.2, 0.25) is 0 Å². The van der Waals surface area contributed by atoms with Crippen molar-refractivity contribution in [2.24, 2.45) is 0 Å². The monoisotopic (exact) mass is 699 g/mol. The number of unbranched alkanes of at least 4 members (excludes halogenated alkanes) is 22. The van der Waals surface area contributed by atoms with Crippen molar-refractivity contribution in [1.82, 2.24) is 0 Å². The number of aromatic nitrogens is 2. The molecular formula is C44H78N2S2+2. The molecule has 274 valence electrons. The average Bonchev–Trinajstić information content (AvgIpc) is 3.12. The first kappa shape index (κ1) is 43.2. The van der Waals surface area contributed by atoms with Gasteiger partial charge >= 0.3 is 0 Å². The normalized spacial score (nSPS) is 12.8. The summed E-state index contributed by atoms with van der Waals surface area (Å²) in [7, 11) is 0. The summed E-state index contributed by atoms with van der Waals surface area (Å²) in [5, 5.41) is 0. The zero-order valence-electron chi connectivity index (χ0n) is 31.9. The van der Waals surface area contributed by atoms with Crippen molar-refractivity contribution >= 4 is 23.5 Å². The van der Waals surface area contributed by atoms with Gasteiger partial charge in [-0.05, 0) is 12.8 Å². The summed E-state index contributed by atoms with van der Waals surface area (Å²) < 4.78 is 4.96. The molecule has 0 bridgehead atoms. The van der Waals surface area contributed by atoms with Crippen LogP contribution < -0.4 is 9.13 Å². The van der Waals surface area contributed by atoms with Gasteiger partial charge < -0.3 is 0 Å². The van der Waals surface area contributed by atoms with Gasteiger partial charge in [0.05, 0.1) is 11.5 Å². The minimum atomic E-state index is 0.628. The highest BCUT2D eigenvalue weighted by Gasteiger charge is 2.19. The second-order valence-electron chi connectivity index (χ2n) is 14.5. The molecule has 0 aliphatic carbocycles. The molecule has 0 aliphatic heterocycles. The van der Waals surface area contributed by atoms with Gasteiger partial charge in [-0.15, -0.1) is 0 Å². The first-order valence-corrected chi connectivity index (χ1v) is 23.2. The summed E-state index contributed by atoms with van der Waals surface area (Å²) in [5.41, 5.74) is 0. The predicted octanol–water partition coefficient (Wildman–Crippen LogP) is 13.7. The molecular weight excluding hydrogens is 621 g/mol. The van der Waals surface area contributed by atoms with Crippen molar-refractivity contribution in [2.45, 2.75) is 193 Å². The molecule has 0 N–H and O–H groups in total. The molecule has 0 amide bonds. The van der Waals surface area contributed by atoms with E-state index in [1.54, 1.807) is 0 Å². The summed E-state index contributed by atoms with van der Waals surface area (Å²) >= 11 is 4.35. The standard InChI is InChI=1S/C44H78N2S2/c1-3-5-7-9-11-13-15-17-19-21-23-27-33-43(45-35-29-25-30-36-45)41-47-39-40-48-42-44(46-37-31-26-32-38-46)34-28-24-22-20-18-16-14-12-10-8-6-4-2/h25-26,29-32,35-38,43-44H,3-24,27-28,33-34,39-42H2,1-2H3/q+2. The fourth-order valence-electron chi connectivity index (χ4n) is 6.95. The van der Waals surface area contributed by atoms with E-state index in [0.29, 0.717) is 12.1 Å². The molecule has 0 spiro atoms. The van der Waals surface area contributed by atoms with Crippen molar-refractivity contribution in [3.63, 3.8) is 0 Å². The summed E-state index contributed by atoms with van der Waals surface area (Å²) in [6, 6.07) is 14.4. The molecule has 2 unspecified atom stereocenters. The third-order valence-electron chi connectivity index (χ3n) is 10.1. The van der Waals surface area contributed by atoms with Gasteiger partial charge in [0.25, 0.3) is 0 Å². The molecule has 2 aromatic rings. The van der Waals surface area contributed by atoms with E-state index in [4.69, 9.17) is 0 Å². The third kappa shape index (κ3) is 24.2. The highest BCUT2D eigenvalue weighted by atomic mass is 32.2. The van der Waals surface area contributed by atoms with Crippen LogP contribution in [0.2, 0.25) is 0 Å². The molecule has 2 rings (SSSR count). The lowest BCUT2D eigenvalue weighted by molar-refractivity contribution is -0.719. The maximum absolute atomic E-state index is 2.48. The highest BCUT2D eigenvalue weighted by Crippen LogP contribution is 2.22.